The number of hydrogen-bond acceptors (Lipinski definition) is 4. The van der Waals surface area contributed by atoms with Gasteiger partial charge in [-0.25, -0.2) is 4.99 Å². The molecule has 1 aliphatic heterocycles. The molecule has 1 aliphatic rings. The fraction of sp³-hybridized carbons (Fsp3) is 0.304. The molecule has 7 nitrogen and oxygen atoms in total. The van der Waals surface area contributed by atoms with E-state index in [9.17, 15) is 4.79 Å². The maximum Gasteiger partial charge on any atom is 0.231 e. The molecule has 0 aliphatic carbocycles. The van der Waals surface area contributed by atoms with Crippen LogP contribution < -0.4 is 16.0 Å². The summed E-state index contributed by atoms with van der Waals surface area (Å²) in [5.74, 6) is -0.0540. The molecule has 2 aromatic carbocycles. The fourth-order valence-electron chi connectivity index (χ4n) is 3.75. The van der Waals surface area contributed by atoms with Crippen LogP contribution in [0.5, 0.6) is 0 Å². The summed E-state index contributed by atoms with van der Waals surface area (Å²) >= 11 is 3.47. The number of aromatic amines is 1. The number of anilines is 1. The molecular formula is C23H27BrN6O. The lowest BCUT2D eigenvalue weighted by molar-refractivity contribution is -0.119. The first-order valence-electron chi connectivity index (χ1n) is 10.4. The van der Waals surface area contributed by atoms with Crippen LogP contribution in [0.2, 0.25) is 0 Å². The van der Waals surface area contributed by atoms with Crippen LogP contribution in [0, 0.1) is 0 Å². The molecule has 0 unspecified atom stereocenters. The monoisotopic (exact) mass is 482 g/mol. The Balaban J connectivity index is 1.31. The minimum atomic E-state index is -0.187. The van der Waals surface area contributed by atoms with Gasteiger partial charge in [0.05, 0.1) is 13.0 Å². The number of nitrogens with two attached hydrogens (primary N) is 1. The molecule has 1 saturated heterocycles. The lowest BCUT2D eigenvalue weighted by Gasteiger charge is -2.34. The van der Waals surface area contributed by atoms with Crippen molar-refractivity contribution in [2.75, 3.05) is 38.1 Å². The molecule has 0 radical (unpaired) electrons. The number of hydrogen-bond donors (Lipinski definition) is 3. The summed E-state index contributed by atoms with van der Waals surface area (Å²) in [6.07, 6.45) is 2.08. The number of carbonyl (C=O) groups is 1. The summed E-state index contributed by atoms with van der Waals surface area (Å²) in [6, 6.07) is 14.3. The second kappa shape index (κ2) is 9.53. The van der Waals surface area contributed by atoms with Crippen LogP contribution >= 0.6 is 15.9 Å². The molecule has 0 atom stereocenters. The van der Waals surface area contributed by atoms with Crippen LogP contribution in [0.15, 0.2) is 58.1 Å². The van der Waals surface area contributed by atoms with Gasteiger partial charge in [-0.05, 0) is 48.5 Å². The number of H-pyrrole nitrogens is 1. The summed E-state index contributed by atoms with van der Waals surface area (Å²) in [4.78, 5) is 24.6. The number of piperazine rings is 1. The highest BCUT2D eigenvalue weighted by Crippen LogP contribution is 2.23. The number of rotatable bonds is 5. The zero-order valence-corrected chi connectivity index (χ0v) is 19.2. The molecule has 4 N–H and O–H groups in total. The fourth-order valence-corrected chi connectivity index (χ4v) is 4.11. The largest absolute Gasteiger partial charge is 0.370 e. The first kappa shape index (κ1) is 21.4. The second-order valence-corrected chi connectivity index (χ2v) is 8.80. The van der Waals surface area contributed by atoms with Crippen molar-refractivity contribution in [1.82, 2.24) is 15.2 Å². The maximum absolute atomic E-state index is 12.4. The van der Waals surface area contributed by atoms with Gasteiger partial charge in [-0.3, -0.25) is 10.1 Å². The first-order chi connectivity index (χ1) is 15.0. The normalized spacial score (nSPS) is 15.4. The standard InChI is InChI=1S/C23H27BrN6O/c1-29-8-10-30(11-9-29)19-5-2-16(3-6-19)14-27-23(25)28-22(31)12-17-15-26-21-7-4-18(24)13-20(17)21/h2-7,13,15,26H,8-12,14H2,1H3,(H3,25,27,28,31). The molecule has 0 saturated carbocycles. The van der Waals surface area contributed by atoms with E-state index in [0.29, 0.717) is 6.54 Å². The second-order valence-electron chi connectivity index (χ2n) is 7.89. The Hall–Kier alpha value is -2.84. The van der Waals surface area contributed by atoms with Crippen molar-refractivity contribution < 1.29 is 4.79 Å². The van der Waals surface area contributed by atoms with E-state index in [-0.39, 0.29) is 18.3 Å². The Bertz CT molecular complexity index is 1080. The van der Waals surface area contributed by atoms with Gasteiger partial charge in [0.2, 0.25) is 5.91 Å². The van der Waals surface area contributed by atoms with Crippen LogP contribution in [0.25, 0.3) is 10.9 Å². The van der Waals surface area contributed by atoms with Gasteiger partial charge >= 0.3 is 0 Å². The van der Waals surface area contributed by atoms with Gasteiger partial charge in [0, 0.05) is 53.4 Å². The number of benzene rings is 2. The van der Waals surface area contributed by atoms with Crippen molar-refractivity contribution in [3.8, 4) is 0 Å². The van der Waals surface area contributed by atoms with Crippen LogP contribution in [0.1, 0.15) is 11.1 Å². The summed E-state index contributed by atoms with van der Waals surface area (Å²) in [5, 5.41) is 3.70. The molecular weight excluding hydrogens is 456 g/mol. The molecule has 1 amide bonds. The van der Waals surface area contributed by atoms with Crippen LogP contribution in [-0.2, 0) is 17.8 Å². The predicted octanol–water partition coefficient (Wildman–Crippen LogP) is 2.86. The van der Waals surface area contributed by atoms with Gasteiger partial charge in [0.15, 0.2) is 5.96 Å². The van der Waals surface area contributed by atoms with Gasteiger partial charge in [-0.1, -0.05) is 28.1 Å². The van der Waals surface area contributed by atoms with Crippen molar-refractivity contribution in [1.29, 1.82) is 0 Å². The van der Waals surface area contributed by atoms with Crippen LogP contribution in [-0.4, -0.2) is 55.0 Å². The molecule has 1 fully saturated rings. The average Bonchev–Trinajstić information content (AvgIpc) is 3.15. The lowest BCUT2D eigenvalue weighted by atomic mass is 10.1. The number of amides is 1. The smallest absolute Gasteiger partial charge is 0.231 e. The SMILES string of the molecule is CN1CCN(c2ccc(CN=C(N)NC(=O)Cc3c[nH]c4ccc(Br)cc34)cc2)CC1. The van der Waals surface area contributed by atoms with E-state index in [1.165, 1.54) is 5.69 Å². The van der Waals surface area contributed by atoms with E-state index in [0.717, 1.165) is 52.7 Å². The van der Waals surface area contributed by atoms with Gasteiger partial charge in [-0.15, -0.1) is 0 Å². The summed E-state index contributed by atoms with van der Waals surface area (Å²) < 4.78 is 0.973. The minimum Gasteiger partial charge on any atom is -0.370 e. The molecule has 1 aromatic heterocycles. The molecule has 0 spiro atoms. The van der Waals surface area contributed by atoms with Gasteiger partial charge in [-0.2, -0.15) is 0 Å². The summed E-state index contributed by atoms with van der Waals surface area (Å²) in [5.41, 5.74) is 10.1. The van der Waals surface area contributed by atoms with Crippen LogP contribution in [0.3, 0.4) is 0 Å². The molecule has 31 heavy (non-hydrogen) atoms. The molecule has 0 bridgehead atoms. The van der Waals surface area contributed by atoms with Gasteiger partial charge in [0.25, 0.3) is 0 Å². The number of carbonyl (C=O) groups excluding carboxylic acids is 1. The number of halogens is 1. The molecule has 2 heterocycles. The van der Waals surface area contributed by atoms with Gasteiger partial charge in [0.1, 0.15) is 0 Å². The van der Waals surface area contributed by atoms with E-state index in [1.54, 1.807) is 0 Å². The zero-order chi connectivity index (χ0) is 21.8. The highest BCUT2D eigenvalue weighted by molar-refractivity contribution is 9.10. The third-order valence-corrected chi connectivity index (χ3v) is 6.08. The number of aromatic nitrogens is 1. The molecule has 4 rings (SSSR count). The number of fused-ring (bicyclic) bond motifs is 1. The zero-order valence-electron chi connectivity index (χ0n) is 17.6. The van der Waals surface area contributed by atoms with Crippen molar-refractivity contribution in [2.24, 2.45) is 10.7 Å². The Labute approximate surface area is 190 Å². The third kappa shape index (κ3) is 5.45. The van der Waals surface area contributed by atoms with Gasteiger partial charge < -0.3 is 20.5 Å². The van der Waals surface area contributed by atoms with E-state index in [1.807, 2.05) is 24.4 Å². The summed E-state index contributed by atoms with van der Waals surface area (Å²) in [6.45, 7) is 4.67. The Morgan fingerprint density at radius 1 is 1.16 bits per heavy atom. The minimum absolute atomic E-state index is 0.133. The number of nitrogens with one attached hydrogen (secondary N) is 2. The van der Waals surface area contributed by atoms with Crippen molar-refractivity contribution in [2.45, 2.75) is 13.0 Å². The molecule has 8 heteroatoms. The Morgan fingerprint density at radius 2 is 1.90 bits per heavy atom. The first-order valence-corrected chi connectivity index (χ1v) is 11.1. The quantitative estimate of drug-likeness (QED) is 0.385. The van der Waals surface area contributed by atoms with E-state index < -0.39 is 0 Å². The highest BCUT2D eigenvalue weighted by atomic mass is 79.9. The highest BCUT2D eigenvalue weighted by Gasteiger charge is 2.14. The average molecular weight is 483 g/mol. The molecule has 3 aromatic rings. The van der Waals surface area contributed by atoms with Crippen molar-refractivity contribution >= 4 is 44.4 Å². The van der Waals surface area contributed by atoms with E-state index in [2.05, 4.69) is 72.3 Å². The maximum atomic E-state index is 12.4. The van der Waals surface area contributed by atoms with E-state index in [4.69, 9.17) is 5.73 Å². The van der Waals surface area contributed by atoms with Crippen molar-refractivity contribution in [3.63, 3.8) is 0 Å². The lowest BCUT2D eigenvalue weighted by Crippen LogP contribution is -2.44. The van der Waals surface area contributed by atoms with E-state index >= 15 is 0 Å². The number of guanidine groups is 1. The number of nitrogens with zero attached hydrogens (tertiary/aromatic N) is 3. The number of aliphatic imine (C=N–C) groups is 1. The Morgan fingerprint density at radius 3 is 2.65 bits per heavy atom. The number of likely N-dealkylation sites (N-methyl/N-ethyl adjacent to an activating group) is 1. The topological polar surface area (TPSA) is 89.8 Å². The Kier molecular flexibility index (Phi) is 6.58. The molecule has 162 valence electrons. The van der Waals surface area contributed by atoms with Crippen LogP contribution in [0.4, 0.5) is 5.69 Å². The predicted molar refractivity (Wildman–Crippen MR) is 129 cm³/mol. The third-order valence-electron chi connectivity index (χ3n) is 5.58. The van der Waals surface area contributed by atoms with Crippen molar-refractivity contribution in [3.05, 3.63) is 64.3 Å². The summed E-state index contributed by atoms with van der Waals surface area (Å²) in [7, 11) is 2.15.